The Morgan fingerprint density at radius 2 is 2.29 bits per heavy atom. The van der Waals surface area contributed by atoms with Gasteiger partial charge in [0.1, 0.15) is 0 Å². The van der Waals surface area contributed by atoms with E-state index in [0.29, 0.717) is 12.4 Å². The van der Waals surface area contributed by atoms with E-state index >= 15 is 0 Å². The molecule has 5 heteroatoms. The maximum atomic E-state index is 5.21. The van der Waals surface area contributed by atoms with E-state index in [1.165, 1.54) is 5.56 Å². The van der Waals surface area contributed by atoms with E-state index in [2.05, 4.69) is 45.8 Å². The summed E-state index contributed by atoms with van der Waals surface area (Å²) in [5.74, 6) is 1.51. The standard InChI is InChI=1S/C12H17N3OS/c1-3-4-11-13-12(16-14-11)8-15(2)7-10-5-6-17-9-10/h5-6,9H,3-4,7-8H2,1-2H3. The Morgan fingerprint density at radius 3 is 3.00 bits per heavy atom. The summed E-state index contributed by atoms with van der Waals surface area (Å²) in [5.41, 5.74) is 1.32. The van der Waals surface area contributed by atoms with Crippen molar-refractivity contribution in [3.63, 3.8) is 0 Å². The molecule has 0 N–H and O–H groups in total. The molecule has 0 saturated carbocycles. The van der Waals surface area contributed by atoms with Gasteiger partial charge in [-0.15, -0.1) is 0 Å². The van der Waals surface area contributed by atoms with Crippen LogP contribution in [0.3, 0.4) is 0 Å². The molecule has 2 rings (SSSR count). The first-order valence-corrected chi connectivity index (χ1v) is 6.73. The van der Waals surface area contributed by atoms with Gasteiger partial charge in [0.2, 0.25) is 5.89 Å². The average molecular weight is 251 g/mol. The fraction of sp³-hybridized carbons (Fsp3) is 0.500. The maximum Gasteiger partial charge on any atom is 0.240 e. The van der Waals surface area contributed by atoms with Crippen molar-refractivity contribution in [3.8, 4) is 0 Å². The highest BCUT2D eigenvalue weighted by Crippen LogP contribution is 2.10. The van der Waals surface area contributed by atoms with E-state index < -0.39 is 0 Å². The second kappa shape index (κ2) is 5.93. The van der Waals surface area contributed by atoms with Crippen LogP contribution in [0.2, 0.25) is 0 Å². The molecule has 17 heavy (non-hydrogen) atoms. The van der Waals surface area contributed by atoms with E-state index in [9.17, 15) is 0 Å². The first kappa shape index (κ1) is 12.3. The Kier molecular flexibility index (Phi) is 4.28. The fourth-order valence-electron chi connectivity index (χ4n) is 1.66. The smallest absolute Gasteiger partial charge is 0.240 e. The van der Waals surface area contributed by atoms with Crippen LogP contribution in [-0.2, 0) is 19.5 Å². The number of thiophene rings is 1. The molecule has 0 atom stereocenters. The lowest BCUT2D eigenvalue weighted by Crippen LogP contribution is -2.17. The van der Waals surface area contributed by atoms with Crippen LogP contribution in [0.1, 0.15) is 30.6 Å². The topological polar surface area (TPSA) is 42.2 Å². The highest BCUT2D eigenvalue weighted by atomic mass is 32.1. The van der Waals surface area contributed by atoms with E-state index in [4.69, 9.17) is 4.52 Å². The largest absolute Gasteiger partial charge is 0.338 e. The van der Waals surface area contributed by atoms with E-state index in [1.807, 2.05) is 0 Å². The summed E-state index contributed by atoms with van der Waals surface area (Å²) in [4.78, 5) is 6.52. The number of aryl methyl sites for hydroxylation is 1. The van der Waals surface area contributed by atoms with Gasteiger partial charge in [0.25, 0.3) is 0 Å². The van der Waals surface area contributed by atoms with Crippen LogP contribution in [0.4, 0.5) is 0 Å². The van der Waals surface area contributed by atoms with Crippen molar-refractivity contribution in [3.05, 3.63) is 34.1 Å². The molecule has 4 nitrogen and oxygen atoms in total. The molecule has 0 aliphatic heterocycles. The zero-order chi connectivity index (χ0) is 12.1. The maximum absolute atomic E-state index is 5.21. The van der Waals surface area contributed by atoms with Crippen LogP contribution in [0, 0.1) is 0 Å². The molecular weight excluding hydrogens is 234 g/mol. The second-order valence-corrected chi connectivity index (χ2v) is 4.94. The average Bonchev–Trinajstić information content (AvgIpc) is 2.91. The molecule has 0 saturated heterocycles. The van der Waals surface area contributed by atoms with E-state index in [-0.39, 0.29) is 0 Å². The van der Waals surface area contributed by atoms with E-state index in [1.54, 1.807) is 11.3 Å². The molecule has 0 radical (unpaired) electrons. The molecule has 0 unspecified atom stereocenters. The number of aromatic nitrogens is 2. The van der Waals surface area contributed by atoms with Crippen molar-refractivity contribution < 1.29 is 4.52 Å². The van der Waals surface area contributed by atoms with Crippen molar-refractivity contribution in [2.24, 2.45) is 0 Å². The Labute approximate surface area is 105 Å². The van der Waals surface area contributed by atoms with Gasteiger partial charge in [-0.1, -0.05) is 12.1 Å². The summed E-state index contributed by atoms with van der Waals surface area (Å²) < 4.78 is 5.21. The molecule has 0 aliphatic rings. The number of rotatable bonds is 6. The van der Waals surface area contributed by atoms with Gasteiger partial charge >= 0.3 is 0 Å². The van der Waals surface area contributed by atoms with Crippen molar-refractivity contribution >= 4 is 11.3 Å². The van der Waals surface area contributed by atoms with Gasteiger partial charge in [0.15, 0.2) is 5.82 Å². The van der Waals surface area contributed by atoms with Crippen molar-refractivity contribution in [2.45, 2.75) is 32.9 Å². The molecule has 0 bridgehead atoms. The van der Waals surface area contributed by atoms with Gasteiger partial charge < -0.3 is 4.52 Å². The molecule has 2 heterocycles. The molecular formula is C12H17N3OS. The molecule has 0 aromatic carbocycles. The zero-order valence-corrected chi connectivity index (χ0v) is 11.0. The summed E-state index contributed by atoms with van der Waals surface area (Å²) in [6.07, 6.45) is 1.93. The highest BCUT2D eigenvalue weighted by molar-refractivity contribution is 7.07. The second-order valence-electron chi connectivity index (χ2n) is 4.16. The highest BCUT2D eigenvalue weighted by Gasteiger charge is 2.09. The Balaban J connectivity index is 1.86. The monoisotopic (exact) mass is 251 g/mol. The minimum atomic E-state index is 0.700. The first-order chi connectivity index (χ1) is 8.28. The molecule has 0 amide bonds. The Morgan fingerprint density at radius 1 is 1.41 bits per heavy atom. The molecule has 0 fully saturated rings. The third-order valence-corrected chi connectivity index (χ3v) is 3.15. The predicted octanol–water partition coefficient (Wildman–Crippen LogP) is 2.72. The van der Waals surface area contributed by atoms with Crippen LogP contribution in [-0.4, -0.2) is 22.1 Å². The van der Waals surface area contributed by atoms with Gasteiger partial charge in [0, 0.05) is 13.0 Å². The van der Waals surface area contributed by atoms with Crippen LogP contribution in [0.15, 0.2) is 21.3 Å². The number of hydrogen-bond donors (Lipinski definition) is 0. The molecule has 2 aromatic heterocycles. The summed E-state index contributed by atoms with van der Waals surface area (Å²) in [6.45, 7) is 3.72. The van der Waals surface area contributed by atoms with Crippen LogP contribution in [0.5, 0.6) is 0 Å². The third-order valence-electron chi connectivity index (χ3n) is 2.42. The van der Waals surface area contributed by atoms with Gasteiger partial charge in [0.05, 0.1) is 6.54 Å². The van der Waals surface area contributed by atoms with Gasteiger partial charge in [-0.25, -0.2) is 0 Å². The normalized spacial score (nSPS) is 11.2. The predicted molar refractivity (Wildman–Crippen MR) is 67.8 cm³/mol. The fourth-order valence-corrected chi connectivity index (χ4v) is 2.32. The molecule has 2 aromatic rings. The molecule has 0 aliphatic carbocycles. The molecule has 92 valence electrons. The summed E-state index contributed by atoms with van der Waals surface area (Å²) >= 11 is 1.72. The van der Waals surface area contributed by atoms with Crippen molar-refractivity contribution in [1.29, 1.82) is 0 Å². The summed E-state index contributed by atoms with van der Waals surface area (Å²) in [7, 11) is 2.06. The SMILES string of the molecule is CCCc1noc(CN(C)Cc2ccsc2)n1. The Bertz CT molecular complexity index is 438. The molecule has 0 spiro atoms. The third kappa shape index (κ3) is 3.64. The summed E-state index contributed by atoms with van der Waals surface area (Å²) in [5, 5.41) is 8.20. The zero-order valence-electron chi connectivity index (χ0n) is 10.2. The van der Waals surface area contributed by atoms with E-state index in [0.717, 1.165) is 25.2 Å². The number of hydrogen-bond acceptors (Lipinski definition) is 5. The van der Waals surface area contributed by atoms with Crippen molar-refractivity contribution in [1.82, 2.24) is 15.0 Å². The number of nitrogens with zero attached hydrogens (tertiary/aromatic N) is 3. The lowest BCUT2D eigenvalue weighted by molar-refractivity contribution is 0.260. The van der Waals surface area contributed by atoms with Crippen LogP contribution < -0.4 is 0 Å². The van der Waals surface area contributed by atoms with Gasteiger partial charge in [-0.05, 0) is 35.9 Å². The quantitative estimate of drug-likeness (QED) is 0.791. The minimum Gasteiger partial charge on any atom is -0.338 e. The first-order valence-electron chi connectivity index (χ1n) is 5.79. The van der Waals surface area contributed by atoms with Crippen LogP contribution >= 0.6 is 11.3 Å². The van der Waals surface area contributed by atoms with Gasteiger partial charge in [-0.3, -0.25) is 4.90 Å². The summed E-state index contributed by atoms with van der Waals surface area (Å²) in [6, 6.07) is 2.14. The van der Waals surface area contributed by atoms with Crippen LogP contribution in [0.25, 0.3) is 0 Å². The van der Waals surface area contributed by atoms with Crippen molar-refractivity contribution in [2.75, 3.05) is 7.05 Å². The van der Waals surface area contributed by atoms with Gasteiger partial charge in [-0.2, -0.15) is 16.3 Å². The minimum absolute atomic E-state index is 0.700. The Hall–Kier alpha value is -1.20. The lowest BCUT2D eigenvalue weighted by atomic mass is 10.3. The lowest BCUT2D eigenvalue weighted by Gasteiger charge is -2.12.